The van der Waals surface area contributed by atoms with Gasteiger partial charge in [-0.15, -0.1) is 0 Å². The van der Waals surface area contributed by atoms with Crippen molar-refractivity contribution in [1.29, 1.82) is 0 Å². The highest BCUT2D eigenvalue weighted by Crippen LogP contribution is 2.16. The van der Waals surface area contributed by atoms with E-state index >= 15 is 0 Å². The Hall–Kier alpha value is -3.74. The second kappa shape index (κ2) is 48.3. The molecular weight excluding hydrogens is 767 g/mol. The number of hydrogen-bond acceptors (Lipinski definition) is 5. The van der Waals surface area contributed by atoms with Crippen molar-refractivity contribution < 1.29 is 24.5 Å². The van der Waals surface area contributed by atoms with Crippen molar-refractivity contribution in [3.05, 3.63) is 122 Å². The number of carbonyl (C=O) groups is 2. The number of aliphatic hydroxyl groups is 2. The quantitative estimate of drug-likeness (QED) is 0.0246. The predicted molar refractivity (Wildman–Crippen MR) is 268 cm³/mol. The third-order valence-electron chi connectivity index (χ3n) is 10.4. The molecule has 6 heteroatoms. The lowest BCUT2D eigenvalue weighted by Crippen LogP contribution is -2.46. The highest BCUT2D eigenvalue weighted by atomic mass is 16.5. The largest absolute Gasteiger partial charge is 0.462 e. The van der Waals surface area contributed by atoms with E-state index in [1.165, 1.54) is 51.4 Å². The first kappa shape index (κ1) is 58.3. The molecule has 0 fully saturated rings. The first-order chi connectivity index (χ1) is 30.5. The molecule has 3 atom stereocenters. The molecule has 62 heavy (non-hydrogen) atoms. The van der Waals surface area contributed by atoms with Crippen molar-refractivity contribution in [2.45, 2.75) is 212 Å². The molecular formula is C56H91NO5. The van der Waals surface area contributed by atoms with Gasteiger partial charge in [-0.25, -0.2) is 0 Å². The number of allylic oxidation sites excluding steroid dienone is 20. The Kier molecular flexibility index (Phi) is 45.4. The maximum absolute atomic E-state index is 13.2. The molecule has 0 rings (SSSR count). The summed E-state index contributed by atoms with van der Waals surface area (Å²) in [6.07, 6.45) is 66.8. The molecule has 0 aliphatic heterocycles. The molecule has 0 saturated carbocycles. The second-order valence-electron chi connectivity index (χ2n) is 16.2. The lowest BCUT2D eigenvalue weighted by Gasteiger charge is -2.24. The van der Waals surface area contributed by atoms with Gasteiger partial charge in [0.1, 0.15) is 6.10 Å². The van der Waals surface area contributed by atoms with E-state index < -0.39 is 18.2 Å². The maximum Gasteiger partial charge on any atom is 0.306 e. The smallest absolute Gasteiger partial charge is 0.306 e. The highest BCUT2D eigenvalue weighted by Gasteiger charge is 2.24. The molecule has 1 amide bonds. The summed E-state index contributed by atoms with van der Waals surface area (Å²) >= 11 is 0. The molecule has 350 valence electrons. The van der Waals surface area contributed by atoms with Gasteiger partial charge in [-0.3, -0.25) is 9.59 Å². The van der Waals surface area contributed by atoms with Crippen LogP contribution in [0, 0.1) is 0 Å². The van der Waals surface area contributed by atoms with Gasteiger partial charge in [0.2, 0.25) is 5.91 Å². The summed E-state index contributed by atoms with van der Waals surface area (Å²) in [6, 6.07) is -0.737. The maximum atomic E-state index is 13.2. The third-order valence-corrected chi connectivity index (χ3v) is 10.4. The van der Waals surface area contributed by atoms with Crippen LogP contribution in [0.3, 0.4) is 0 Å². The van der Waals surface area contributed by atoms with Crippen LogP contribution in [0.25, 0.3) is 0 Å². The normalized spacial score (nSPS) is 14.3. The molecule has 0 bridgehead atoms. The molecule has 0 saturated heterocycles. The van der Waals surface area contributed by atoms with E-state index in [0.717, 1.165) is 96.3 Å². The van der Waals surface area contributed by atoms with Crippen LogP contribution in [-0.4, -0.2) is 46.9 Å². The van der Waals surface area contributed by atoms with Gasteiger partial charge in [-0.1, -0.05) is 219 Å². The Morgan fingerprint density at radius 3 is 1.52 bits per heavy atom. The van der Waals surface area contributed by atoms with E-state index in [1.807, 2.05) is 48.6 Å². The number of rotatable bonds is 42. The SMILES string of the molecule is CC/C=C\C/C=C\C/C=C\C/C=C\C/C=C\CCCC(CC(=O)NC(CO)C(O)CCCCCCCCCCCCC)OC(=O)CCCCC/C=C/C=C\C=C/C=C/C=C/CC. The number of aliphatic hydroxyl groups excluding tert-OH is 2. The van der Waals surface area contributed by atoms with Gasteiger partial charge in [0.25, 0.3) is 0 Å². The highest BCUT2D eigenvalue weighted by molar-refractivity contribution is 5.77. The van der Waals surface area contributed by atoms with Crippen molar-refractivity contribution in [2.75, 3.05) is 6.61 Å². The lowest BCUT2D eigenvalue weighted by molar-refractivity contribution is -0.151. The first-order valence-electron chi connectivity index (χ1n) is 24.8. The molecule has 0 aromatic heterocycles. The van der Waals surface area contributed by atoms with Crippen LogP contribution in [0.2, 0.25) is 0 Å². The van der Waals surface area contributed by atoms with Gasteiger partial charge >= 0.3 is 5.97 Å². The van der Waals surface area contributed by atoms with Crippen LogP contribution in [0.1, 0.15) is 194 Å². The molecule has 3 N–H and O–H groups in total. The minimum atomic E-state index is -0.818. The summed E-state index contributed by atoms with van der Waals surface area (Å²) in [5.41, 5.74) is 0. The second-order valence-corrected chi connectivity index (χ2v) is 16.2. The fraction of sp³-hybridized carbons (Fsp3) is 0.607. The number of carbonyl (C=O) groups excluding carboxylic acids is 2. The minimum absolute atomic E-state index is 0.0127. The van der Waals surface area contributed by atoms with E-state index in [9.17, 15) is 19.8 Å². The van der Waals surface area contributed by atoms with Crippen LogP contribution in [0.5, 0.6) is 0 Å². The van der Waals surface area contributed by atoms with E-state index in [2.05, 4.69) is 99.0 Å². The summed E-state index contributed by atoms with van der Waals surface area (Å²) in [5.74, 6) is -0.593. The Morgan fingerprint density at radius 2 is 0.968 bits per heavy atom. The van der Waals surface area contributed by atoms with Crippen molar-refractivity contribution in [3.8, 4) is 0 Å². The standard InChI is InChI=1S/C56H91NO5/c1-4-7-10-13-16-19-22-24-26-27-29-30-33-35-38-41-44-47-52(62-56(61)49-46-43-40-37-34-31-28-25-23-20-17-14-11-8-5-2)50-55(60)57-53(51-58)54(59)48-45-42-39-36-32-21-18-15-12-9-6-3/h7-8,10-11,14,16-17,19-20,23-26,28-31,34-35,38,52-54,58-59H,4-6,9,12-13,15,18,21-22,27,32-33,36-37,39-51H2,1-3H3,(H,57,60)/b10-7-,11-8+,17-14+,19-16-,23-20-,26-24-,28-25-,30-29-,34-31+,38-35-. The minimum Gasteiger partial charge on any atom is -0.462 e. The van der Waals surface area contributed by atoms with Crippen molar-refractivity contribution in [2.24, 2.45) is 0 Å². The predicted octanol–water partition coefficient (Wildman–Crippen LogP) is 14.9. The molecule has 6 nitrogen and oxygen atoms in total. The molecule has 0 radical (unpaired) electrons. The summed E-state index contributed by atoms with van der Waals surface area (Å²) < 4.78 is 5.88. The van der Waals surface area contributed by atoms with Crippen molar-refractivity contribution in [3.63, 3.8) is 0 Å². The van der Waals surface area contributed by atoms with Crippen LogP contribution >= 0.6 is 0 Å². The number of ether oxygens (including phenoxy) is 1. The molecule has 0 aromatic rings. The number of esters is 1. The first-order valence-corrected chi connectivity index (χ1v) is 24.8. The Morgan fingerprint density at radius 1 is 0.500 bits per heavy atom. The van der Waals surface area contributed by atoms with Crippen LogP contribution in [0.4, 0.5) is 0 Å². The lowest BCUT2D eigenvalue weighted by atomic mass is 10.0. The van der Waals surface area contributed by atoms with E-state index in [-0.39, 0.29) is 24.9 Å². The Bertz CT molecular complexity index is 1330. The molecule has 3 unspecified atom stereocenters. The van der Waals surface area contributed by atoms with E-state index in [0.29, 0.717) is 19.3 Å². The van der Waals surface area contributed by atoms with E-state index in [1.54, 1.807) is 0 Å². The fourth-order valence-corrected chi connectivity index (χ4v) is 6.72. The van der Waals surface area contributed by atoms with Gasteiger partial charge in [0, 0.05) is 6.42 Å². The Labute approximate surface area is 380 Å². The summed E-state index contributed by atoms with van der Waals surface area (Å²) in [5, 5.41) is 23.7. The van der Waals surface area contributed by atoms with Gasteiger partial charge in [0.15, 0.2) is 0 Å². The van der Waals surface area contributed by atoms with Gasteiger partial charge in [-0.05, 0) is 83.5 Å². The fourth-order valence-electron chi connectivity index (χ4n) is 6.72. The van der Waals surface area contributed by atoms with Crippen LogP contribution < -0.4 is 5.32 Å². The Balaban J connectivity index is 4.83. The topological polar surface area (TPSA) is 95.9 Å². The number of nitrogens with one attached hydrogen (secondary N) is 1. The van der Waals surface area contributed by atoms with Gasteiger partial charge in [-0.2, -0.15) is 0 Å². The number of hydrogen-bond donors (Lipinski definition) is 3. The molecule has 0 aliphatic carbocycles. The zero-order valence-corrected chi connectivity index (χ0v) is 39.7. The molecule has 0 heterocycles. The van der Waals surface area contributed by atoms with Crippen molar-refractivity contribution >= 4 is 11.9 Å². The van der Waals surface area contributed by atoms with E-state index in [4.69, 9.17) is 4.74 Å². The van der Waals surface area contributed by atoms with Gasteiger partial charge < -0.3 is 20.3 Å². The van der Waals surface area contributed by atoms with Crippen LogP contribution in [-0.2, 0) is 14.3 Å². The number of unbranched alkanes of at least 4 members (excludes halogenated alkanes) is 14. The third kappa shape index (κ3) is 42.9. The summed E-state index contributed by atoms with van der Waals surface area (Å²) in [7, 11) is 0. The summed E-state index contributed by atoms with van der Waals surface area (Å²) in [6.45, 7) is 6.17. The monoisotopic (exact) mass is 858 g/mol. The average molecular weight is 858 g/mol. The van der Waals surface area contributed by atoms with Crippen molar-refractivity contribution in [1.82, 2.24) is 5.32 Å². The molecule has 0 spiro atoms. The number of amides is 1. The van der Waals surface area contributed by atoms with Crippen LogP contribution in [0.15, 0.2) is 122 Å². The average Bonchev–Trinajstić information content (AvgIpc) is 3.26. The zero-order chi connectivity index (χ0) is 45.2. The zero-order valence-electron chi connectivity index (χ0n) is 39.7. The summed E-state index contributed by atoms with van der Waals surface area (Å²) in [4.78, 5) is 26.1. The molecule has 0 aromatic carbocycles. The molecule has 0 aliphatic rings. The van der Waals surface area contributed by atoms with Gasteiger partial charge in [0.05, 0.1) is 25.2 Å².